The zero-order valence-electron chi connectivity index (χ0n) is 12.9. The third kappa shape index (κ3) is 4.81. The Morgan fingerprint density at radius 1 is 1.10 bits per heavy atom. The highest BCUT2D eigenvalue weighted by Gasteiger charge is 2.00. The fraction of sp³-hybridized carbons (Fsp3) is 0.368. The number of hydrogen-bond acceptors (Lipinski definition) is 2. The lowest BCUT2D eigenvalue weighted by Gasteiger charge is -2.08. The second-order valence-electron chi connectivity index (χ2n) is 5.61. The van der Waals surface area contributed by atoms with Crippen molar-refractivity contribution in [2.75, 3.05) is 13.2 Å². The van der Waals surface area contributed by atoms with Crippen molar-refractivity contribution in [3.8, 4) is 17.6 Å². The second-order valence-corrected chi connectivity index (χ2v) is 5.61. The zero-order valence-corrected chi connectivity index (χ0v) is 12.9. The Hall–Kier alpha value is -1.98. The van der Waals surface area contributed by atoms with Crippen molar-refractivity contribution in [2.45, 2.75) is 26.7 Å². The summed E-state index contributed by atoms with van der Waals surface area (Å²) in [6, 6.07) is 12.4. The van der Waals surface area contributed by atoms with Crippen LogP contribution in [0, 0.1) is 17.8 Å². The maximum atomic E-state index is 5.82. The standard InChI is InChI=1S/C19H23NO/c1-15(2)5-4-12-21-19-10-9-17-13-16(6-3-11-20)7-8-18(17)14-19/h7-10,13-15H,4-5,11-12,20H2,1-2H3. The van der Waals surface area contributed by atoms with Crippen LogP contribution in [0.5, 0.6) is 5.75 Å². The quantitative estimate of drug-likeness (QED) is 0.665. The third-order valence-corrected chi connectivity index (χ3v) is 3.34. The van der Waals surface area contributed by atoms with Crippen LogP contribution in [0.15, 0.2) is 36.4 Å². The summed E-state index contributed by atoms with van der Waals surface area (Å²) in [5.74, 6) is 7.61. The van der Waals surface area contributed by atoms with Crippen LogP contribution >= 0.6 is 0 Å². The molecule has 0 aliphatic carbocycles. The summed E-state index contributed by atoms with van der Waals surface area (Å²) in [6.07, 6.45) is 2.31. The maximum absolute atomic E-state index is 5.82. The van der Waals surface area contributed by atoms with Crippen LogP contribution in [0.25, 0.3) is 10.8 Å². The van der Waals surface area contributed by atoms with Gasteiger partial charge in [-0.05, 0) is 53.8 Å². The molecule has 0 radical (unpaired) electrons. The van der Waals surface area contributed by atoms with Crippen molar-refractivity contribution in [3.63, 3.8) is 0 Å². The minimum atomic E-state index is 0.390. The van der Waals surface area contributed by atoms with E-state index in [1.807, 2.05) is 12.1 Å². The lowest BCUT2D eigenvalue weighted by molar-refractivity contribution is 0.298. The van der Waals surface area contributed by atoms with E-state index in [0.717, 1.165) is 30.3 Å². The highest BCUT2D eigenvalue weighted by atomic mass is 16.5. The Labute approximate surface area is 127 Å². The van der Waals surface area contributed by atoms with Crippen LogP contribution in [0.1, 0.15) is 32.3 Å². The summed E-state index contributed by atoms with van der Waals surface area (Å²) in [4.78, 5) is 0. The van der Waals surface area contributed by atoms with Crippen LogP contribution in [0.4, 0.5) is 0 Å². The Morgan fingerprint density at radius 3 is 2.62 bits per heavy atom. The van der Waals surface area contributed by atoms with Gasteiger partial charge >= 0.3 is 0 Å². The molecule has 0 saturated heterocycles. The molecule has 2 rings (SSSR count). The third-order valence-electron chi connectivity index (χ3n) is 3.34. The van der Waals surface area contributed by atoms with Crippen molar-refractivity contribution in [1.29, 1.82) is 0 Å². The van der Waals surface area contributed by atoms with E-state index in [9.17, 15) is 0 Å². The number of benzene rings is 2. The van der Waals surface area contributed by atoms with E-state index in [1.165, 1.54) is 17.2 Å². The van der Waals surface area contributed by atoms with E-state index in [0.29, 0.717) is 6.54 Å². The normalized spacial score (nSPS) is 10.5. The molecule has 0 aliphatic heterocycles. The largest absolute Gasteiger partial charge is 0.494 e. The first-order valence-corrected chi connectivity index (χ1v) is 7.54. The van der Waals surface area contributed by atoms with Gasteiger partial charge in [-0.3, -0.25) is 0 Å². The molecule has 2 aromatic carbocycles. The van der Waals surface area contributed by atoms with Crippen LogP contribution in [0.2, 0.25) is 0 Å². The van der Waals surface area contributed by atoms with Crippen molar-refractivity contribution >= 4 is 10.8 Å². The molecule has 2 aromatic rings. The van der Waals surface area contributed by atoms with Crippen molar-refractivity contribution in [3.05, 3.63) is 42.0 Å². The molecule has 0 fully saturated rings. The Bertz CT molecular complexity index is 649. The van der Waals surface area contributed by atoms with Crippen molar-refractivity contribution in [2.24, 2.45) is 11.7 Å². The van der Waals surface area contributed by atoms with Gasteiger partial charge in [0, 0.05) is 5.56 Å². The van der Waals surface area contributed by atoms with Crippen LogP contribution < -0.4 is 10.5 Å². The van der Waals surface area contributed by atoms with Gasteiger partial charge < -0.3 is 10.5 Å². The molecular weight excluding hydrogens is 258 g/mol. The molecule has 110 valence electrons. The Morgan fingerprint density at radius 2 is 1.86 bits per heavy atom. The number of rotatable bonds is 5. The molecule has 0 bridgehead atoms. The predicted octanol–water partition coefficient (Wildman–Crippen LogP) is 3.97. The minimum absolute atomic E-state index is 0.390. The average molecular weight is 281 g/mol. The summed E-state index contributed by atoms with van der Waals surface area (Å²) in [5.41, 5.74) is 6.39. The molecule has 21 heavy (non-hydrogen) atoms. The molecule has 0 saturated carbocycles. The van der Waals surface area contributed by atoms with E-state index in [1.54, 1.807) is 0 Å². The summed E-state index contributed by atoms with van der Waals surface area (Å²) in [6.45, 7) is 5.65. The molecule has 0 aliphatic rings. The molecule has 0 spiro atoms. The average Bonchev–Trinajstić information content (AvgIpc) is 2.49. The molecule has 0 unspecified atom stereocenters. The molecule has 0 aromatic heterocycles. The fourth-order valence-electron chi connectivity index (χ4n) is 2.23. The molecule has 0 amide bonds. The minimum Gasteiger partial charge on any atom is -0.494 e. The molecular formula is C19H23NO. The number of fused-ring (bicyclic) bond motifs is 1. The molecule has 0 atom stereocenters. The maximum Gasteiger partial charge on any atom is 0.119 e. The Kier molecular flexibility index (Phi) is 5.66. The van der Waals surface area contributed by atoms with Crippen molar-refractivity contribution in [1.82, 2.24) is 0 Å². The van der Waals surface area contributed by atoms with E-state index in [2.05, 4.69) is 50.0 Å². The van der Waals surface area contributed by atoms with Crippen LogP contribution in [0.3, 0.4) is 0 Å². The highest BCUT2D eigenvalue weighted by molar-refractivity contribution is 5.85. The summed E-state index contributed by atoms with van der Waals surface area (Å²) in [5, 5.41) is 2.35. The lowest BCUT2D eigenvalue weighted by Crippen LogP contribution is -1.99. The van der Waals surface area contributed by atoms with Crippen LogP contribution in [-0.4, -0.2) is 13.2 Å². The van der Waals surface area contributed by atoms with Gasteiger partial charge in [0.15, 0.2) is 0 Å². The second kappa shape index (κ2) is 7.71. The Balaban J connectivity index is 2.04. The van der Waals surface area contributed by atoms with Gasteiger partial charge in [-0.2, -0.15) is 0 Å². The molecule has 2 N–H and O–H groups in total. The van der Waals surface area contributed by atoms with Gasteiger partial charge in [0.05, 0.1) is 13.2 Å². The van der Waals surface area contributed by atoms with E-state index in [-0.39, 0.29) is 0 Å². The molecule has 0 heterocycles. The van der Waals surface area contributed by atoms with Gasteiger partial charge in [-0.1, -0.05) is 37.8 Å². The van der Waals surface area contributed by atoms with Gasteiger partial charge in [0.25, 0.3) is 0 Å². The predicted molar refractivity (Wildman–Crippen MR) is 89.4 cm³/mol. The topological polar surface area (TPSA) is 35.2 Å². The molecule has 2 nitrogen and oxygen atoms in total. The SMILES string of the molecule is CC(C)CCCOc1ccc2cc(C#CCN)ccc2c1. The first-order valence-electron chi connectivity index (χ1n) is 7.54. The van der Waals surface area contributed by atoms with E-state index >= 15 is 0 Å². The summed E-state index contributed by atoms with van der Waals surface area (Å²) < 4.78 is 5.82. The van der Waals surface area contributed by atoms with Gasteiger partial charge in [0.2, 0.25) is 0 Å². The summed E-state index contributed by atoms with van der Waals surface area (Å²) >= 11 is 0. The number of nitrogens with two attached hydrogens (primary N) is 1. The first kappa shape index (κ1) is 15.4. The highest BCUT2D eigenvalue weighted by Crippen LogP contribution is 2.22. The summed E-state index contributed by atoms with van der Waals surface area (Å²) in [7, 11) is 0. The van der Waals surface area contributed by atoms with Crippen molar-refractivity contribution < 1.29 is 4.74 Å². The monoisotopic (exact) mass is 281 g/mol. The van der Waals surface area contributed by atoms with Gasteiger partial charge in [-0.25, -0.2) is 0 Å². The number of hydrogen-bond donors (Lipinski definition) is 1. The zero-order chi connectivity index (χ0) is 15.1. The van der Waals surface area contributed by atoms with E-state index in [4.69, 9.17) is 10.5 Å². The van der Waals surface area contributed by atoms with Gasteiger partial charge in [-0.15, -0.1) is 0 Å². The smallest absolute Gasteiger partial charge is 0.119 e. The first-order chi connectivity index (χ1) is 10.2. The molecule has 2 heteroatoms. The lowest BCUT2D eigenvalue weighted by atomic mass is 10.1. The van der Waals surface area contributed by atoms with E-state index < -0.39 is 0 Å². The van der Waals surface area contributed by atoms with Gasteiger partial charge in [0.1, 0.15) is 5.75 Å². The number of ether oxygens (including phenoxy) is 1. The fourth-order valence-corrected chi connectivity index (χ4v) is 2.23. The van der Waals surface area contributed by atoms with Crippen LogP contribution in [-0.2, 0) is 0 Å².